The normalized spacial score (nSPS) is 24.6. The van der Waals surface area contributed by atoms with Gasteiger partial charge in [-0.3, -0.25) is 0 Å². The number of thiophene rings is 1. The van der Waals surface area contributed by atoms with Gasteiger partial charge in [-0.2, -0.15) is 0 Å². The highest BCUT2D eigenvalue weighted by molar-refractivity contribution is 7.18. The minimum atomic E-state index is 0.510. The second-order valence-corrected chi connectivity index (χ2v) is 6.73. The van der Waals surface area contributed by atoms with Crippen molar-refractivity contribution in [1.29, 1.82) is 0 Å². The van der Waals surface area contributed by atoms with E-state index in [4.69, 9.17) is 10.7 Å². The molecule has 1 saturated carbocycles. The van der Waals surface area contributed by atoms with Crippen LogP contribution < -0.4 is 5.73 Å². The Bertz CT molecular complexity index is 568. The van der Waals surface area contributed by atoms with E-state index in [0.717, 1.165) is 22.0 Å². The zero-order valence-electron chi connectivity index (χ0n) is 10.9. The van der Waals surface area contributed by atoms with E-state index in [1.165, 1.54) is 30.6 Å². The lowest BCUT2D eigenvalue weighted by molar-refractivity contribution is 0.340. The van der Waals surface area contributed by atoms with Crippen molar-refractivity contribution >= 4 is 27.4 Å². The molecule has 0 aromatic carbocycles. The molecule has 0 amide bonds. The average molecular weight is 261 g/mol. The molecule has 0 saturated heterocycles. The molecule has 2 aromatic rings. The van der Waals surface area contributed by atoms with Crippen LogP contribution in [0.2, 0.25) is 0 Å². The minimum absolute atomic E-state index is 0.510. The van der Waals surface area contributed by atoms with E-state index in [2.05, 4.69) is 24.9 Å². The molecular formula is C14H19N3S. The van der Waals surface area contributed by atoms with Crippen molar-refractivity contribution in [3.63, 3.8) is 0 Å². The average Bonchev–Trinajstić information content (AvgIpc) is 2.71. The molecular weight excluding hydrogens is 242 g/mol. The van der Waals surface area contributed by atoms with Gasteiger partial charge in [-0.15, -0.1) is 11.3 Å². The standard InChI is InChI=1S/C14H19N3S/c1-8-3-5-10(6-4-8)13-16-12(15)11-7-9(2)18-14(11)17-13/h7-8,10H,3-6H2,1-2H3,(H2,15,16,17). The predicted octanol–water partition coefficient (Wildman–Crippen LogP) is 3.88. The first-order valence-electron chi connectivity index (χ1n) is 6.67. The highest BCUT2D eigenvalue weighted by Gasteiger charge is 2.23. The molecule has 0 spiro atoms. The van der Waals surface area contributed by atoms with Crippen molar-refractivity contribution in [3.05, 3.63) is 16.8 Å². The molecule has 3 nitrogen and oxygen atoms in total. The third-order valence-electron chi connectivity index (χ3n) is 3.94. The summed E-state index contributed by atoms with van der Waals surface area (Å²) in [6, 6.07) is 2.09. The van der Waals surface area contributed by atoms with Gasteiger partial charge in [-0.05, 0) is 31.7 Å². The van der Waals surface area contributed by atoms with Crippen LogP contribution in [0, 0.1) is 12.8 Å². The molecule has 2 heterocycles. The van der Waals surface area contributed by atoms with Gasteiger partial charge in [-0.25, -0.2) is 9.97 Å². The van der Waals surface area contributed by atoms with E-state index in [-0.39, 0.29) is 0 Å². The van der Waals surface area contributed by atoms with Crippen LogP contribution in [-0.2, 0) is 0 Å². The summed E-state index contributed by atoms with van der Waals surface area (Å²) >= 11 is 1.71. The van der Waals surface area contributed by atoms with Crippen LogP contribution in [0.3, 0.4) is 0 Å². The van der Waals surface area contributed by atoms with E-state index < -0.39 is 0 Å². The van der Waals surface area contributed by atoms with E-state index in [1.54, 1.807) is 11.3 Å². The van der Waals surface area contributed by atoms with Crippen molar-refractivity contribution in [3.8, 4) is 0 Å². The van der Waals surface area contributed by atoms with Gasteiger partial charge in [0, 0.05) is 10.8 Å². The zero-order chi connectivity index (χ0) is 12.7. The van der Waals surface area contributed by atoms with Gasteiger partial charge in [0.15, 0.2) is 0 Å². The summed E-state index contributed by atoms with van der Waals surface area (Å²) in [6.07, 6.45) is 4.98. The van der Waals surface area contributed by atoms with Crippen molar-refractivity contribution in [2.24, 2.45) is 5.92 Å². The van der Waals surface area contributed by atoms with Crippen LogP contribution in [0.4, 0.5) is 5.82 Å². The third kappa shape index (κ3) is 2.09. The first-order chi connectivity index (χ1) is 8.63. The zero-order valence-corrected chi connectivity index (χ0v) is 11.8. The van der Waals surface area contributed by atoms with Gasteiger partial charge >= 0.3 is 0 Å². The lowest BCUT2D eigenvalue weighted by Crippen LogP contribution is -2.14. The van der Waals surface area contributed by atoms with E-state index in [0.29, 0.717) is 11.7 Å². The van der Waals surface area contributed by atoms with E-state index >= 15 is 0 Å². The number of nitrogens with two attached hydrogens (primary N) is 1. The Morgan fingerprint density at radius 2 is 1.94 bits per heavy atom. The molecule has 1 aliphatic carbocycles. The molecule has 4 heteroatoms. The molecule has 0 bridgehead atoms. The number of hydrogen-bond acceptors (Lipinski definition) is 4. The lowest BCUT2D eigenvalue weighted by atomic mass is 9.82. The molecule has 2 aromatic heterocycles. The van der Waals surface area contributed by atoms with Crippen molar-refractivity contribution in [1.82, 2.24) is 9.97 Å². The summed E-state index contributed by atoms with van der Waals surface area (Å²) in [5.74, 6) is 2.98. The Balaban J connectivity index is 1.97. The highest BCUT2D eigenvalue weighted by atomic mass is 32.1. The van der Waals surface area contributed by atoms with Crippen LogP contribution >= 0.6 is 11.3 Å². The van der Waals surface area contributed by atoms with Crippen LogP contribution in [0.1, 0.15) is 49.2 Å². The molecule has 0 radical (unpaired) electrons. The number of fused-ring (bicyclic) bond motifs is 1. The molecule has 1 aliphatic rings. The summed E-state index contributed by atoms with van der Waals surface area (Å²) in [7, 11) is 0. The Hall–Kier alpha value is -1.16. The van der Waals surface area contributed by atoms with Gasteiger partial charge in [0.25, 0.3) is 0 Å². The number of rotatable bonds is 1. The molecule has 0 atom stereocenters. The second kappa shape index (κ2) is 4.50. The molecule has 0 aliphatic heterocycles. The molecule has 3 rings (SSSR count). The maximum absolute atomic E-state index is 6.06. The molecule has 96 valence electrons. The van der Waals surface area contributed by atoms with Gasteiger partial charge in [-0.1, -0.05) is 19.8 Å². The number of nitrogen functional groups attached to an aromatic ring is 1. The third-order valence-corrected chi connectivity index (χ3v) is 4.89. The summed E-state index contributed by atoms with van der Waals surface area (Å²) in [5, 5.41) is 1.02. The number of aryl methyl sites for hydroxylation is 1. The Kier molecular flexibility index (Phi) is 2.98. The van der Waals surface area contributed by atoms with Gasteiger partial charge in [0.2, 0.25) is 0 Å². The van der Waals surface area contributed by atoms with E-state index in [1.807, 2.05) is 0 Å². The van der Waals surface area contributed by atoms with Gasteiger partial charge in [0.05, 0.1) is 5.39 Å². The minimum Gasteiger partial charge on any atom is -0.383 e. The van der Waals surface area contributed by atoms with Crippen LogP contribution in [0.15, 0.2) is 6.07 Å². The monoisotopic (exact) mass is 261 g/mol. The summed E-state index contributed by atoms with van der Waals surface area (Å²) in [6.45, 7) is 4.42. The van der Waals surface area contributed by atoms with Crippen molar-refractivity contribution < 1.29 is 0 Å². The fraction of sp³-hybridized carbons (Fsp3) is 0.571. The van der Waals surface area contributed by atoms with E-state index in [9.17, 15) is 0 Å². The number of aromatic nitrogens is 2. The first-order valence-corrected chi connectivity index (χ1v) is 7.48. The van der Waals surface area contributed by atoms with Gasteiger partial charge < -0.3 is 5.73 Å². The van der Waals surface area contributed by atoms with Crippen LogP contribution in [-0.4, -0.2) is 9.97 Å². The predicted molar refractivity (Wildman–Crippen MR) is 76.9 cm³/mol. The SMILES string of the molecule is Cc1cc2c(N)nc(C3CCC(C)CC3)nc2s1. The Labute approximate surface area is 111 Å². The van der Waals surface area contributed by atoms with Crippen molar-refractivity contribution in [2.75, 3.05) is 5.73 Å². The van der Waals surface area contributed by atoms with Gasteiger partial charge in [0.1, 0.15) is 16.5 Å². The van der Waals surface area contributed by atoms with Crippen molar-refractivity contribution in [2.45, 2.75) is 45.4 Å². The molecule has 1 fully saturated rings. The Morgan fingerprint density at radius 3 is 2.67 bits per heavy atom. The summed E-state index contributed by atoms with van der Waals surface area (Å²) in [5.41, 5.74) is 6.06. The first kappa shape index (κ1) is 11.9. The number of hydrogen-bond donors (Lipinski definition) is 1. The van der Waals surface area contributed by atoms with Crippen LogP contribution in [0.25, 0.3) is 10.2 Å². The summed E-state index contributed by atoms with van der Waals surface area (Å²) < 4.78 is 0. The maximum atomic E-state index is 6.06. The highest BCUT2D eigenvalue weighted by Crippen LogP contribution is 2.36. The largest absolute Gasteiger partial charge is 0.383 e. The maximum Gasteiger partial charge on any atom is 0.135 e. The molecule has 2 N–H and O–H groups in total. The fourth-order valence-corrected chi connectivity index (χ4v) is 3.68. The smallest absolute Gasteiger partial charge is 0.135 e. The second-order valence-electron chi connectivity index (χ2n) is 5.50. The molecule has 0 unspecified atom stereocenters. The van der Waals surface area contributed by atoms with Crippen LogP contribution in [0.5, 0.6) is 0 Å². The number of anilines is 1. The fourth-order valence-electron chi connectivity index (χ4n) is 2.78. The lowest BCUT2D eigenvalue weighted by Gasteiger charge is -2.25. The summed E-state index contributed by atoms with van der Waals surface area (Å²) in [4.78, 5) is 11.6. The quantitative estimate of drug-likeness (QED) is 0.847. The topological polar surface area (TPSA) is 51.8 Å². The molecule has 18 heavy (non-hydrogen) atoms. The number of nitrogens with zero attached hydrogens (tertiary/aromatic N) is 2. The Morgan fingerprint density at radius 1 is 1.22 bits per heavy atom.